The SMILES string of the molecule is Cc1ccc2nc(COc3cccc(C(=O)N4CCC5CCC(C4)N5)c3)cn2c1.Cl.Cl. The number of hydrogen-bond donors (Lipinski definition) is 1. The molecule has 2 saturated heterocycles. The number of aromatic nitrogens is 2. The Labute approximate surface area is 194 Å². The molecule has 2 fully saturated rings. The number of nitrogens with one attached hydrogen (secondary N) is 1. The lowest BCUT2D eigenvalue weighted by molar-refractivity contribution is 0.0747. The first-order valence-electron chi connectivity index (χ1n) is 10.4. The van der Waals surface area contributed by atoms with Crippen molar-refractivity contribution in [1.82, 2.24) is 19.6 Å². The Morgan fingerprint density at radius 1 is 1.13 bits per heavy atom. The summed E-state index contributed by atoms with van der Waals surface area (Å²) in [5.41, 5.74) is 3.64. The van der Waals surface area contributed by atoms with Crippen LogP contribution < -0.4 is 10.1 Å². The summed E-state index contributed by atoms with van der Waals surface area (Å²) in [5.74, 6) is 0.784. The summed E-state index contributed by atoms with van der Waals surface area (Å²) in [6, 6.07) is 12.6. The van der Waals surface area contributed by atoms with Gasteiger partial charge in [-0.15, -0.1) is 24.8 Å². The predicted molar refractivity (Wildman–Crippen MR) is 126 cm³/mol. The molecule has 0 aliphatic carbocycles. The highest BCUT2D eigenvalue weighted by molar-refractivity contribution is 5.94. The Morgan fingerprint density at radius 2 is 1.97 bits per heavy atom. The van der Waals surface area contributed by atoms with E-state index in [4.69, 9.17) is 4.74 Å². The van der Waals surface area contributed by atoms with Crippen LogP contribution in [0.2, 0.25) is 0 Å². The molecular formula is C23H28Cl2N4O2. The molecule has 0 radical (unpaired) electrons. The molecule has 5 rings (SSSR count). The normalized spacial score (nSPS) is 20.0. The summed E-state index contributed by atoms with van der Waals surface area (Å²) >= 11 is 0. The number of rotatable bonds is 4. The summed E-state index contributed by atoms with van der Waals surface area (Å²) in [4.78, 5) is 19.6. The average molecular weight is 463 g/mol. The number of carbonyl (C=O) groups is 1. The molecule has 0 saturated carbocycles. The van der Waals surface area contributed by atoms with Gasteiger partial charge in [0.2, 0.25) is 0 Å². The molecule has 2 aliphatic rings. The third kappa shape index (κ3) is 5.14. The summed E-state index contributed by atoms with van der Waals surface area (Å²) in [6.45, 7) is 4.04. The molecule has 6 nitrogen and oxygen atoms in total. The van der Waals surface area contributed by atoms with E-state index in [1.807, 2.05) is 58.1 Å². The van der Waals surface area contributed by atoms with Gasteiger partial charge in [0, 0.05) is 43.1 Å². The number of ether oxygens (including phenoxy) is 1. The highest BCUT2D eigenvalue weighted by atomic mass is 35.5. The van der Waals surface area contributed by atoms with E-state index in [1.54, 1.807) is 0 Å². The summed E-state index contributed by atoms with van der Waals surface area (Å²) in [7, 11) is 0. The molecule has 1 amide bonds. The maximum atomic E-state index is 13.0. The van der Waals surface area contributed by atoms with Crippen molar-refractivity contribution < 1.29 is 9.53 Å². The van der Waals surface area contributed by atoms with Crippen molar-refractivity contribution >= 4 is 36.4 Å². The number of hydrogen-bond acceptors (Lipinski definition) is 4. The van der Waals surface area contributed by atoms with Gasteiger partial charge >= 0.3 is 0 Å². The number of benzene rings is 1. The first-order chi connectivity index (χ1) is 14.1. The Morgan fingerprint density at radius 3 is 2.84 bits per heavy atom. The minimum Gasteiger partial charge on any atom is -0.487 e. The van der Waals surface area contributed by atoms with Crippen LogP contribution in [0.5, 0.6) is 5.75 Å². The first kappa shape index (κ1) is 23.4. The molecule has 0 spiro atoms. The van der Waals surface area contributed by atoms with Gasteiger partial charge in [-0.05, 0) is 56.0 Å². The van der Waals surface area contributed by atoms with Gasteiger partial charge in [0.1, 0.15) is 18.0 Å². The average Bonchev–Trinajstić information content (AvgIpc) is 3.28. The monoisotopic (exact) mass is 462 g/mol. The second-order valence-electron chi connectivity index (χ2n) is 8.20. The van der Waals surface area contributed by atoms with Gasteiger partial charge in [0.15, 0.2) is 0 Å². The van der Waals surface area contributed by atoms with E-state index >= 15 is 0 Å². The standard InChI is InChI=1S/C23H26N4O2.2ClH/c1-16-5-8-22-25-20(14-27(22)12-16)15-29-21-4-2-3-17(11-21)23(28)26-10-9-18-6-7-19(13-26)24-18;;/h2-5,8,11-12,14,18-19,24H,6-7,9-10,13,15H2,1H3;2*1H. The van der Waals surface area contributed by atoms with Crippen LogP contribution in [-0.2, 0) is 6.61 Å². The summed E-state index contributed by atoms with van der Waals surface area (Å²) < 4.78 is 7.95. The molecule has 3 aromatic rings. The summed E-state index contributed by atoms with van der Waals surface area (Å²) in [6.07, 6.45) is 7.46. The van der Waals surface area contributed by atoms with E-state index in [0.29, 0.717) is 30.0 Å². The van der Waals surface area contributed by atoms with E-state index in [0.717, 1.165) is 37.3 Å². The molecule has 2 bridgehead atoms. The second-order valence-corrected chi connectivity index (χ2v) is 8.20. The number of aryl methyl sites for hydroxylation is 1. The second kappa shape index (κ2) is 9.90. The van der Waals surface area contributed by atoms with Crippen molar-refractivity contribution in [1.29, 1.82) is 0 Å². The van der Waals surface area contributed by atoms with Crippen molar-refractivity contribution in [3.63, 3.8) is 0 Å². The number of carbonyl (C=O) groups excluding carboxylic acids is 1. The Balaban J connectivity index is 0.00000136. The van der Waals surface area contributed by atoms with Crippen LogP contribution in [0.4, 0.5) is 0 Å². The van der Waals surface area contributed by atoms with Crippen LogP contribution in [-0.4, -0.2) is 45.4 Å². The maximum absolute atomic E-state index is 13.0. The lowest BCUT2D eigenvalue weighted by atomic mass is 10.1. The molecule has 2 unspecified atom stereocenters. The number of halogens is 2. The van der Waals surface area contributed by atoms with Crippen LogP contribution in [0.1, 0.15) is 40.9 Å². The van der Waals surface area contributed by atoms with Gasteiger partial charge in [0.25, 0.3) is 5.91 Å². The van der Waals surface area contributed by atoms with Crippen molar-refractivity contribution in [3.8, 4) is 5.75 Å². The fraction of sp³-hybridized carbons (Fsp3) is 0.391. The zero-order valence-corrected chi connectivity index (χ0v) is 19.1. The molecule has 4 heterocycles. The lowest BCUT2D eigenvalue weighted by Gasteiger charge is -2.24. The van der Waals surface area contributed by atoms with Crippen LogP contribution in [0, 0.1) is 6.92 Å². The van der Waals surface area contributed by atoms with Gasteiger partial charge < -0.3 is 19.4 Å². The van der Waals surface area contributed by atoms with Crippen molar-refractivity contribution in [3.05, 3.63) is 65.6 Å². The maximum Gasteiger partial charge on any atom is 0.254 e. The minimum absolute atomic E-state index is 0. The van der Waals surface area contributed by atoms with Gasteiger partial charge in [-0.3, -0.25) is 4.79 Å². The van der Waals surface area contributed by atoms with Crippen LogP contribution in [0.3, 0.4) is 0 Å². The van der Waals surface area contributed by atoms with E-state index in [-0.39, 0.29) is 30.7 Å². The van der Waals surface area contributed by atoms with Crippen molar-refractivity contribution in [2.24, 2.45) is 0 Å². The number of likely N-dealkylation sites (tertiary alicyclic amines) is 1. The highest BCUT2D eigenvalue weighted by Gasteiger charge is 2.31. The zero-order chi connectivity index (χ0) is 19.8. The van der Waals surface area contributed by atoms with E-state index in [9.17, 15) is 4.79 Å². The molecule has 1 aromatic carbocycles. The van der Waals surface area contributed by atoms with Crippen LogP contribution in [0.25, 0.3) is 5.65 Å². The highest BCUT2D eigenvalue weighted by Crippen LogP contribution is 2.23. The summed E-state index contributed by atoms with van der Waals surface area (Å²) in [5, 5.41) is 3.63. The third-order valence-electron chi connectivity index (χ3n) is 5.93. The van der Waals surface area contributed by atoms with E-state index in [2.05, 4.69) is 17.2 Å². The minimum atomic E-state index is 0. The van der Waals surface area contributed by atoms with Gasteiger partial charge in [-0.1, -0.05) is 12.1 Å². The third-order valence-corrected chi connectivity index (χ3v) is 5.93. The smallest absolute Gasteiger partial charge is 0.254 e. The number of fused-ring (bicyclic) bond motifs is 3. The van der Waals surface area contributed by atoms with Crippen molar-refractivity contribution in [2.75, 3.05) is 13.1 Å². The Bertz CT molecular complexity index is 1050. The van der Waals surface area contributed by atoms with Gasteiger partial charge in [0.05, 0.1) is 5.69 Å². The topological polar surface area (TPSA) is 58.9 Å². The molecular weight excluding hydrogens is 435 g/mol. The van der Waals surface area contributed by atoms with E-state index < -0.39 is 0 Å². The molecule has 31 heavy (non-hydrogen) atoms. The lowest BCUT2D eigenvalue weighted by Crippen LogP contribution is -2.39. The first-order valence-corrected chi connectivity index (χ1v) is 10.4. The van der Waals surface area contributed by atoms with Crippen molar-refractivity contribution in [2.45, 2.75) is 44.9 Å². The molecule has 2 aliphatic heterocycles. The van der Waals surface area contributed by atoms with Crippen LogP contribution >= 0.6 is 24.8 Å². The molecule has 1 N–H and O–H groups in total. The number of amides is 1. The fourth-order valence-corrected chi connectivity index (χ4v) is 4.41. The zero-order valence-electron chi connectivity index (χ0n) is 17.5. The van der Waals surface area contributed by atoms with Crippen LogP contribution in [0.15, 0.2) is 48.8 Å². The Hall–Kier alpha value is -2.28. The molecule has 2 atom stereocenters. The van der Waals surface area contributed by atoms with Gasteiger partial charge in [-0.2, -0.15) is 0 Å². The number of pyridine rings is 1. The predicted octanol–water partition coefficient (Wildman–Crippen LogP) is 4.03. The molecule has 166 valence electrons. The van der Waals surface area contributed by atoms with E-state index in [1.165, 1.54) is 12.0 Å². The Kier molecular flexibility index (Phi) is 7.46. The number of nitrogens with zero attached hydrogens (tertiary/aromatic N) is 3. The molecule has 8 heteroatoms. The van der Waals surface area contributed by atoms with Gasteiger partial charge in [-0.25, -0.2) is 4.98 Å². The quantitative estimate of drug-likeness (QED) is 0.635. The fourth-order valence-electron chi connectivity index (χ4n) is 4.41. The largest absolute Gasteiger partial charge is 0.487 e. The molecule has 2 aromatic heterocycles. The number of imidazole rings is 1.